The number of fused-ring (bicyclic) bond motifs is 6. The lowest BCUT2D eigenvalue weighted by Gasteiger charge is -2.12. The molecular formula is C49H25N9. The summed E-state index contributed by atoms with van der Waals surface area (Å²) in [6.45, 7) is 0. The van der Waals surface area contributed by atoms with E-state index < -0.39 is 0 Å². The van der Waals surface area contributed by atoms with Crippen molar-refractivity contribution in [3.8, 4) is 69.8 Å². The van der Waals surface area contributed by atoms with Crippen LogP contribution in [0.4, 0.5) is 0 Å². The zero-order valence-electron chi connectivity index (χ0n) is 30.5. The molecule has 3 aromatic heterocycles. The third kappa shape index (κ3) is 5.49. The monoisotopic (exact) mass is 739 g/mol. The molecule has 0 N–H and O–H groups in total. The first-order valence-electron chi connectivity index (χ1n) is 18.3. The molecule has 0 amide bonds. The number of nitriles is 4. The first-order chi connectivity index (χ1) is 28.5. The second kappa shape index (κ2) is 13.4. The zero-order valence-corrected chi connectivity index (χ0v) is 30.5. The second-order valence-electron chi connectivity index (χ2n) is 13.8. The highest BCUT2D eigenvalue weighted by Crippen LogP contribution is 2.38. The number of rotatable bonds is 5. The number of para-hydroxylation sites is 3. The van der Waals surface area contributed by atoms with Crippen LogP contribution in [-0.4, -0.2) is 24.1 Å². The zero-order chi connectivity index (χ0) is 39.3. The largest absolute Gasteiger partial charge is 0.309 e. The molecule has 0 saturated carbocycles. The van der Waals surface area contributed by atoms with E-state index in [0.717, 1.165) is 49.7 Å². The lowest BCUT2D eigenvalue weighted by atomic mass is 10.0. The smallest absolute Gasteiger partial charge is 0.238 e. The van der Waals surface area contributed by atoms with Crippen molar-refractivity contribution in [3.63, 3.8) is 0 Å². The molecular weight excluding hydrogens is 715 g/mol. The summed E-state index contributed by atoms with van der Waals surface area (Å²) in [6, 6.07) is 57.9. The van der Waals surface area contributed by atoms with Crippen molar-refractivity contribution in [3.05, 3.63) is 174 Å². The van der Waals surface area contributed by atoms with Crippen LogP contribution in [-0.2, 0) is 0 Å². The molecule has 3 heterocycles. The van der Waals surface area contributed by atoms with Gasteiger partial charge in [0, 0.05) is 38.4 Å². The molecule has 0 bridgehead atoms. The van der Waals surface area contributed by atoms with Crippen LogP contribution in [0, 0.1) is 45.3 Å². The molecule has 0 fully saturated rings. The number of aromatic nitrogens is 5. The Kier molecular flexibility index (Phi) is 7.80. The van der Waals surface area contributed by atoms with E-state index in [1.54, 1.807) is 24.3 Å². The Bertz CT molecular complexity index is 3350. The van der Waals surface area contributed by atoms with Gasteiger partial charge in [-0.3, -0.25) is 4.57 Å². The average molecular weight is 740 g/mol. The molecule has 0 atom stereocenters. The first-order valence-corrected chi connectivity index (χ1v) is 18.3. The standard InChI is InChI=1S/C49H25N9/c50-26-30-18-31(27-51)21-36(20-30)47-54-48(37-22-32(28-52)19-33(23-37)29-53)56-49(55-47)58-44-13-7-5-11-40(44)42-24-34(15-17-45(42)58)35-14-16-41-39-10-4-6-12-43(39)57(46(41)25-35)38-8-2-1-3-9-38/h1-25H. The molecule has 10 rings (SSSR count). The van der Waals surface area contributed by atoms with Crippen LogP contribution in [0.25, 0.3) is 89.2 Å². The summed E-state index contributed by atoms with van der Waals surface area (Å²) < 4.78 is 4.28. The van der Waals surface area contributed by atoms with Gasteiger partial charge in [0.25, 0.3) is 0 Å². The Morgan fingerprint density at radius 2 is 0.810 bits per heavy atom. The summed E-state index contributed by atoms with van der Waals surface area (Å²) >= 11 is 0. The summed E-state index contributed by atoms with van der Waals surface area (Å²) in [4.78, 5) is 14.7. The second-order valence-corrected chi connectivity index (χ2v) is 13.8. The third-order valence-corrected chi connectivity index (χ3v) is 10.4. The number of hydrogen-bond donors (Lipinski definition) is 0. The van der Waals surface area contributed by atoms with E-state index in [-0.39, 0.29) is 39.9 Å². The van der Waals surface area contributed by atoms with Gasteiger partial charge in [-0.15, -0.1) is 0 Å². The highest BCUT2D eigenvalue weighted by Gasteiger charge is 2.20. The maximum absolute atomic E-state index is 9.80. The number of hydrogen-bond acceptors (Lipinski definition) is 7. The summed E-state index contributed by atoms with van der Waals surface area (Å²) in [5.41, 5.74) is 9.15. The fourth-order valence-electron chi connectivity index (χ4n) is 7.87. The highest BCUT2D eigenvalue weighted by atomic mass is 15.2. The minimum atomic E-state index is 0.221. The fourth-order valence-corrected chi connectivity index (χ4v) is 7.87. The van der Waals surface area contributed by atoms with Crippen LogP contribution < -0.4 is 0 Å². The topological polar surface area (TPSA) is 144 Å². The van der Waals surface area contributed by atoms with Crippen LogP contribution in [0.15, 0.2) is 152 Å². The molecule has 58 heavy (non-hydrogen) atoms. The third-order valence-electron chi connectivity index (χ3n) is 10.4. The molecule has 9 heteroatoms. The van der Waals surface area contributed by atoms with Crippen molar-refractivity contribution >= 4 is 43.6 Å². The van der Waals surface area contributed by atoms with Crippen molar-refractivity contribution in [2.45, 2.75) is 0 Å². The van der Waals surface area contributed by atoms with Gasteiger partial charge in [-0.2, -0.15) is 31.0 Å². The molecule has 0 spiro atoms. The lowest BCUT2D eigenvalue weighted by Crippen LogP contribution is -2.07. The first kappa shape index (κ1) is 33.7. The summed E-state index contributed by atoms with van der Waals surface area (Å²) in [6.07, 6.45) is 0. The van der Waals surface area contributed by atoms with E-state index in [0.29, 0.717) is 11.1 Å². The number of benzene rings is 7. The Hall–Kier alpha value is -8.89. The van der Waals surface area contributed by atoms with Gasteiger partial charge in [0.1, 0.15) is 0 Å². The van der Waals surface area contributed by atoms with Gasteiger partial charge in [-0.25, -0.2) is 4.98 Å². The molecule has 10 aromatic rings. The van der Waals surface area contributed by atoms with Gasteiger partial charge in [-0.1, -0.05) is 72.8 Å². The van der Waals surface area contributed by atoms with E-state index >= 15 is 0 Å². The summed E-state index contributed by atoms with van der Waals surface area (Å²) in [7, 11) is 0. The molecule has 9 nitrogen and oxygen atoms in total. The molecule has 7 aromatic carbocycles. The Labute approximate surface area is 331 Å². The normalized spacial score (nSPS) is 11.0. The van der Waals surface area contributed by atoms with Gasteiger partial charge in [-0.05, 0) is 90.0 Å². The van der Waals surface area contributed by atoms with Gasteiger partial charge in [0.05, 0.1) is 68.6 Å². The van der Waals surface area contributed by atoms with Crippen molar-refractivity contribution in [2.24, 2.45) is 0 Å². The van der Waals surface area contributed by atoms with Crippen LogP contribution in [0.1, 0.15) is 22.3 Å². The SMILES string of the molecule is N#Cc1cc(C#N)cc(-c2nc(-c3cc(C#N)cc(C#N)c3)nc(-n3c4ccccc4c4cc(-c5ccc6c7ccccc7n(-c7ccccc7)c6c5)ccc43)n2)c1. The van der Waals surface area contributed by atoms with Gasteiger partial charge >= 0.3 is 0 Å². The van der Waals surface area contributed by atoms with Crippen LogP contribution in [0.5, 0.6) is 0 Å². The van der Waals surface area contributed by atoms with Crippen LogP contribution in [0.2, 0.25) is 0 Å². The molecule has 0 aliphatic carbocycles. The predicted octanol–water partition coefficient (Wildman–Crippen LogP) is 10.6. The number of nitrogens with zero attached hydrogens (tertiary/aromatic N) is 9. The molecule has 0 aliphatic heterocycles. The van der Waals surface area contributed by atoms with Crippen molar-refractivity contribution in [2.75, 3.05) is 0 Å². The average Bonchev–Trinajstić information content (AvgIpc) is 3.81. The van der Waals surface area contributed by atoms with Crippen molar-refractivity contribution in [1.82, 2.24) is 24.1 Å². The minimum Gasteiger partial charge on any atom is -0.309 e. The molecule has 0 aliphatic rings. The fraction of sp³-hybridized carbons (Fsp3) is 0. The maximum Gasteiger partial charge on any atom is 0.238 e. The Balaban J connectivity index is 1.20. The Morgan fingerprint density at radius 3 is 1.40 bits per heavy atom. The quantitative estimate of drug-likeness (QED) is 0.171. The minimum absolute atomic E-state index is 0.221. The van der Waals surface area contributed by atoms with Crippen LogP contribution >= 0.6 is 0 Å². The molecule has 0 saturated heterocycles. The molecule has 0 unspecified atom stereocenters. The van der Waals surface area contributed by atoms with Gasteiger partial charge in [0.15, 0.2) is 11.6 Å². The highest BCUT2D eigenvalue weighted by molar-refractivity contribution is 6.12. The lowest BCUT2D eigenvalue weighted by molar-refractivity contribution is 0.953. The van der Waals surface area contributed by atoms with Gasteiger partial charge in [0.2, 0.25) is 5.95 Å². The van der Waals surface area contributed by atoms with Crippen molar-refractivity contribution in [1.29, 1.82) is 21.0 Å². The maximum atomic E-state index is 9.80. The molecule has 266 valence electrons. The van der Waals surface area contributed by atoms with E-state index in [1.165, 1.54) is 22.9 Å². The molecule has 0 radical (unpaired) electrons. The van der Waals surface area contributed by atoms with E-state index in [1.807, 2.05) is 28.8 Å². The van der Waals surface area contributed by atoms with Crippen molar-refractivity contribution < 1.29 is 0 Å². The van der Waals surface area contributed by atoms with E-state index in [9.17, 15) is 21.0 Å². The van der Waals surface area contributed by atoms with Gasteiger partial charge < -0.3 is 4.57 Å². The van der Waals surface area contributed by atoms with E-state index in [4.69, 9.17) is 15.0 Å². The predicted molar refractivity (Wildman–Crippen MR) is 224 cm³/mol. The van der Waals surface area contributed by atoms with Crippen LogP contribution in [0.3, 0.4) is 0 Å². The van der Waals surface area contributed by atoms with E-state index in [2.05, 4.69) is 120 Å². The summed E-state index contributed by atoms with van der Waals surface area (Å²) in [5.74, 6) is 0.729. The summed E-state index contributed by atoms with van der Waals surface area (Å²) in [5, 5.41) is 43.5. The Morgan fingerprint density at radius 1 is 0.345 bits per heavy atom.